The maximum atomic E-state index is 13.8. The van der Waals surface area contributed by atoms with Crippen LogP contribution in [0, 0.1) is 20.8 Å². The van der Waals surface area contributed by atoms with Crippen molar-refractivity contribution in [2.75, 3.05) is 11.9 Å². The number of nitrogens with zero attached hydrogens (tertiary/aromatic N) is 1. The summed E-state index contributed by atoms with van der Waals surface area (Å²) in [7, 11) is 0. The van der Waals surface area contributed by atoms with E-state index >= 15 is 0 Å². The molecule has 0 aromatic heterocycles. The third kappa shape index (κ3) is 8.34. The fourth-order valence-electron chi connectivity index (χ4n) is 3.94. The Morgan fingerprint density at radius 2 is 1.54 bits per heavy atom. The van der Waals surface area contributed by atoms with Gasteiger partial charge in [-0.25, -0.2) is 4.79 Å². The first-order chi connectivity index (χ1) is 17.2. The van der Waals surface area contributed by atoms with Gasteiger partial charge in [0.1, 0.15) is 17.7 Å². The highest BCUT2D eigenvalue weighted by molar-refractivity contribution is 6.00. The number of anilines is 1. The Kier molecular flexibility index (Phi) is 9.82. The summed E-state index contributed by atoms with van der Waals surface area (Å²) in [6.07, 6.45) is -1.32. The molecule has 0 aliphatic rings. The topological polar surface area (TPSA) is 131 Å². The number of para-hydroxylation sites is 1. The van der Waals surface area contributed by atoms with Crippen LogP contribution >= 0.6 is 0 Å². The number of likely N-dealkylation sites (N-methyl/N-ethyl adjacent to an activating group) is 1. The summed E-state index contributed by atoms with van der Waals surface area (Å²) in [6, 6.07) is 10.6. The number of alkyl carbamates (subject to hydrolysis) is 1. The maximum Gasteiger partial charge on any atom is 0.408 e. The van der Waals surface area contributed by atoms with Crippen LogP contribution in [0.2, 0.25) is 0 Å². The minimum Gasteiger partial charge on any atom is -0.444 e. The molecule has 2 rings (SSSR count). The number of amides is 4. The molecule has 0 aliphatic carbocycles. The van der Waals surface area contributed by atoms with Gasteiger partial charge in [-0.1, -0.05) is 48.0 Å². The van der Waals surface area contributed by atoms with E-state index in [0.717, 1.165) is 16.7 Å². The lowest BCUT2D eigenvalue weighted by Gasteiger charge is -2.33. The molecule has 2 aromatic carbocycles. The molecule has 2 unspecified atom stereocenters. The Morgan fingerprint density at radius 3 is 2.03 bits per heavy atom. The van der Waals surface area contributed by atoms with Gasteiger partial charge in [0.15, 0.2) is 0 Å². The molecule has 0 fully saturated rings. The zero-order valence-electron chi connectivity index (χ0n) is 22.7. The number of benzene rings is 2. The molecular formula is C28H38N4O5. The Bertz CT molecular complexity index is 1120. The zero-order chi connectivity index (χ0) is 27.9. The summed E-state index contributed by atoms with van der Waals surface area (Å²) in [5.74, 6) is -1.83. The zero-order valence-corrected chi connectivity index (χ0v) is 22.7. The van der Waals surface area contributed by atoms with Crippen molar-refractivity contribution in [3.05, 3.63) is 64.7 Å². The first kappa shape index (κ1) is 29.4. The minimum atomic E-state index is -1.31. The average Bonchev–Trinajstić information content (AvgIpc) is 2.78. The van der Waals surface area contributed by atoms with E-state index in [2.05, 4.69) is 10.6 Å². The lowest BCUT2D eigenvalue weighted by molar-refractivity contribution is -0.141. The number of nitrogens with two attached hydrogens (primary N) is 1. The summed E-state index contributed by atoms with van der Waals surface area (Å²) in [4.78, 5) is 53.1. The van der Waals surface area contributed by atoms with Crippen LogP contribution in [0.4, 0.5) is 10.5 Å². The van der Waals surface area contributed by atoms with E-state index in [4.69, 9.17) is 10.5 Å². The quantitative estimate of drug-likeness (QED) is 0.471. The second-order valence-electron chi connectivity index (χ2n) is 10.1. The van der Waals surface area contributed by atoms with E-state index in [1.165, 1.54) is 4.90 Å². The van der Waals surface area contributed by atoms with Crippen LogP contribution in [0.25, 0.3) is 0 Å². The molecule has 9 nitrogen and oxygen atoms in total. The first-order valence-electron chi connectivity index (χ1n) is 12.3. The fraction of sp³-hybridized carbons (Fsp3) is 0.429. The van der Waals surface area contributed by atoms with Gasteiger partial charge < -0.3 is 26.0 Å². The molecule has 37 heavy (non-hydrogen) atoms. The summed E-state index contributed by atoms with van der Waals surface area (Å²) in [5, 5.41) is 5.43. The molecular weight excluding hydrogens is 472 g/mol. The van der Waals surface area contributed by atoms with E-state index in [9.17, 15) is 19.2 Å². The number of hydrogen-bond donors (Lipinski definition) is 3. The standard InChI is InChI=1S/C28H38N4O5/c1-8-32(26(35)21(16-22(29)33)30-27(36)37-28(5,6)7)24(20-14-12-17(2)13-15-20)25(34)31-23-18(3)10-9-11-19(23)4/h9-15,21,24H,8,16H2,1-7H3,(H2,29,33)(H,30,36)(H,31,34). The van der Waals surface area contributed by atoms with Gasteiger partial charge in [-0.3, -0.25) is 14.4 Å². The van der Waals surface area contributed by atoms with Gasteiger partial charge in [0.05, 0.1) is 6.42 Å². The molecule has 0 heterocycles. The predicted molar refractivity (Wildman–Crippen MR) is 143 cm³/mol. The number of ether oxygens (including phenoxy) is 1. The minimum absolute atomic E-state index is 0.128. The smallest absolute Gasteiger partial charge is 0.408 e. The van der Waals surface area contributed by atoms with Crippen LogP contribution in [0.5, 0.6) is 0 Å². The Morgan fingerprint density at radius 1 is 0.973 bits per heavy atom. The number of carbonyl (C=O) groups excluding carboxylic acids is 4. The predicted octanol–water partition coefficient (Wildman–Crippen LogP) is 3.91. The van der Waals surface area contributed by atoms with Crippen molar-refractivity contribution in [3.63, 3.8) is 0 Å². The van der Waals surface area contributed by atoms with Crippen LogP contribution in [0.3, 0.4) is 0 Å². The van der Waals surface area contributed by atoms with Crippen molar-refractivity contribution in [1.29, 1.82) is 0 Å². The highest BCUT2D eigenvalue weighted by Gasteiger charge is 2.36. The van der Waals surface area contributed by atoms with Crippen molar-refractivity contribution in [3.8, 4) is 0 Å². The molecule has 0 saturated heterocycles. The van der Waals surface area contributed by atoms with Crippen molar-refractivity contribution in [1.82, 2.24) is 10.2 Å². The third-order valence-corrected chi connectivity index (χ3v) is 5.70. The van der Waals surface area contributed by atoms with E-state index < -0.39 is 47.9 Å². The van der Waals surface area contributed by atoms with Gasteiger partial charge in [0.25, 0.3) is 5.91 Å². The second-order valence-corrected chi connectivity index (χ2v) is 10.1. The molecule has 0 spiro atoms. The molecule has 200 valence electrons. The van der Waals surface area contributed by atoms with Crippen LogP contribution in [0.15, 0.2) is 42.5 Å². The second kappa shape index (κ2) is 12.4. The molecule has 0 aliphatic heterocycles. The summed E-state index contributed by atoms with van der Waals surface area (Å²) in [6.45, 7) is 12.6. The van der Waals surface area contributed by atoms with Gasteiger partial charge in [0, 0.05) is 12.2 Å². The molecule has 4 N–H and O–H groups in total. The number of nitrogens with one attached hydrogen (secondary N) is 2. The van der Waals surface area contributed by atoms with Crippen molar-refractivity contribution < 1.29 is 23.9 Å². The van der Waals surface area contributed by atoms with Crippen LogP contribution in [0.1, 0.15) is 62.4 Å². The molecule has 2 atom stereocenters. The van der Waals surface area contributed by atoms with Gasteiger partial charge in [0.2, 0.25) is 11.8 Å². The number of rotatable bonds is 9. The largest absolute Gasteiger partial charge is 0.444 e. The van der Waals surface area contributed by atoms with Crippen molar-refractivity contribution in [2.24, 2.45) is 5.73 Å². The van der Waals surface area contributed by atoms with Gasteiger partial charge in [-0.05, 0) is 65.2 Å². The normalized spacial score (nSPS) is 12.7. The highest BCUT2D eigenvalue weighted by Crippen LogP contribution is 2.27. The third-order valence-electron chi connectivity index (χ3n) is 5.70. The lowest BCUT2D eigenvalue weighted by atomic mass is 10.00. The Balaban J connectivity index is 2.49. The molecule has 0 radical (unpaired) electrons. The monoisotopic (exact) mass is 510 g/mol. The van der Waals surface area contributed by atoms with Gasteiger partial charge in [-0.2, -0.15) is 0 Å². The van der Waals surface area contributed by atoms with E-state index in [1.807, 2.05) is 51.1 Å². The summed E-state index contributed by atoms with van der Waals surface area (Å²) in [5.41, 5.74) is 8.57. The van der Waals surface area contributed by atoms with Crippen LogP contribution in [-0.2, 0) is 19.1 Å². The molecule has 0 bridgehead atoms. The van der Waals surface area contributed by atoms with Crippen LogP contribution < -0.4 is 16.4 Å². The number of primary amides is 1. The lowest BCUT2D eigenvalue weighted by Crippen LogP contribution is -2.53. The Hall–Kier alpha value is -3.88. The molecule has 9 heteroatoms. The number of hydrogen-bond acceptors (Lipinski definition) is 5. The fourth-order valence-corrected chi connectivity index (χ4v) is 3.94. The van der Waals surface area contributed by atoms with Crippen LogP contribution in [-0.4, -0.2) is 46.9 Å². The number of carbonyl (C=O) groups is 4. The SMILES string of the molecule is CCN(C(=O)C(CC(N)=O)NC(=O)OC(C)(C)C)C(C(=O)Nc1c(C)cccc1C)c1ccc(C)cc1. The van der Waals surface area contributed by atoms with Crippen molar-refractivity contribution >= 4 is 29.5 Å². The maximum absolute atomic E-state index is 13.8. The average molecular weight is 511 g/mol. The van der Waals surface area contributed by atoms with Crippen molar-refractivity contribution in [2.45, 2.75) is 72.6 Å². The van der Waals surface area contributed by atoms with E-state index in [0.29, 0.717) is 11.3 Å². The van der Waals surface area contributed by atoms with E-state index in [-0.39, 0.29) is 6.54 Å². The molecule has 0 saturated carbocycles. The highest BCUT2D eigenvalue weighted by atomic mass is 16.6. The van der Waals surface area contributed by atoms with Gasteiger partial charge in [-0.15, -0.1) is 0 Å². The summed E-state index contributed by atoms with van der Waals surface area (Å²) < 4.78 is 5.27. The first-order valence-corrected chi connectivity index (χ1v) is 12.3. The molecule has 2 aromatic rings. The Labute approximate surface area is 218 Å². The summed E-state index contributed by atoms with van der Waals surface area (Å²) >= 11 is 0. The van der Waals surface area contributed by atoms with Gasteiger partial charge >= 0.3 is 6.09 Å². The molecule has 4 amide bonds. The number of aryl methyl sites for hydroxylation is 3. The van der Waals surface area contributed by atoms with E-state index in [1.54, 1.807) is 39.8 Å².